The molecule has 0 atom stereocenters. The van der Waals surface area contributed by atoms with Crippen LogP contribution in [0.5, 0.6) is 0 Å². The van der Waals surface area contributed by atoms with E-state index in [1.807, 2.05) is 31.2 Å². The average molecular weight is 289 g/mol. The van der Waals surface area contributed by atoms with Crippen LogP contribution < -0.4 is 4.57 Å². The zero-order valence-electron chi connectivity index (χ0n) is 12.9. The maximum absolute atomic E-state index is 5.99. The van der Waals surface area contributed by atoms with E-state index in [0.717, 1.165) is 33.5 Å². The highest BCUT2D eigenvalue weighted by Crippen LogP contribution is 2.36. The molecule has 0 bridgehead atoms. The molecule has 1 aromatic carbocycles. The molecule has 0 N–H and O–H groups in total. The molecule has 0 aliphatic rings. The van der Waals surface area contributed by atoms with Crippen LogP contribution in [-0.2, 0) is 7.05 Å². The SMILES string of the molecule is Cc1ccc2oc3ccc(C)c(-c4cccc[n+]4C)c3c2n1. The van der Waals surface area contributed by atoms with Gasteiger partial charge in [-0.15, -0.1) is 0 Å². The predicted molar refractivity (Wildman–Crippen MR) is 87.6 cm³/mol. The zero-order valence-corrected chi connectivity index (χ0v) is 12.9. The lowest BCUT2D eigenvalue weighted by Gasteiger charge is -2.05. The van der Waals surface area contributed by atoms with Gasteiger partial charge in [0.2, 0.25) is 5.69 Å². The van der Waals surface area contributed by atoms with E-state index in [9.17, 15) is 0 Å². The number of aryl methyl sites for hydroxylation is 3. The Bertz CT molecular complexity index is 1010. The molecular weight excluding hydrogens is 272 g/mol. The summed E-state index contributed by atoms with van der Waals surface area (Å²) in [6.07, 6.45) is 2.06. The molecule has 0 radical (unpaired) electrons. The van der Waals surface area contributed by atoms with Crippen LogP contribution in [0.2, 0.25) is 0 Å². The number of hydrogen-bond donors (Lipinski definition) is 0. The summed E-state index contributed by atoms with van der Waals surface area (Å²) in [5, 5.41) is 1.10. The summed E-state index contributed by atoms with van der Waals surface area (Å²) < 4.78 is 8.13. The number of aromatic nitrogens is 2. The molecule has 0 spiro atoms. The van der Waals surface area contributed by atoms with Crippen molar-refractivity contribution in [3.05, 3.63) is 59.9 Å². The van der Waals surface area contributed by atoms with Crippen molar-refractivity contribution >= 4 is 22.1 Å². The highest BCUT2D eigenvalue weighted by Gasteiger charge is 2.20. The Labute approximate surface area is 128 Å². The Morgan fingerprint density at radius 3 is 2.59 bits per heavy atom. The molecule has 0 fully saturated rings. The summed E-state index contributed by atoms with van der Waals surface area (Å²) in [5.74, 6) is 0. The molecular formula is C19H17N2O+. The molecule has 0 unspecified atom stereocenters. The van der Waals surface area contributed by atoms with Gasteiger partial charge in [-0.3, -0.25) is 0 Å². The predicted octanol–water partition coefficient (Wildman–Crippen LogP) is 4.09. The van der Waals surface area contributed by atoms with Gasteiger partial charge < -0.3 is 4.42 Å². The Kier molecular flexibility index (Phi) is 2.76. The van der Waals surface area contributed by atoms with Gasteiger partial charge in [-0.1, -0.05) is 6.07 Å². The second-order valence-electron chi connectivity index (χ2n) is 5.73. The molecule has 0 aliphatic carbocycles. The quantitative estimate of drug-likeness (QED) is 0.494. The van der Waals surface area contributed by atoms with Crippen LogP contribution >= 0.6 is 0 Å². The van der Waals surface area contributed by atoms with E-state index in [1.165, 1.54) is 11.1 Å². The van der Waals surface area contributed by atoms with Crippen LogP contribution in [0.15, 0.2) is 53.1 Å². The van der Waals surface area contributed by atoms with Gasteiger partial charge in [0.05, 0.1) is 10.9 Å². The van der Waals surface area contributed by atoms with Gasteiger partial charge in [-0.05, 0) is 43.7 Å². The molecule has 0 saturated heterocycles. The molecule has 0 amide bonds. The van der Waals surface area contributed by atoms with E-state index in [0.29, 0.717) is 0 Å². The van der Waals surface area contributed by atoms with Crippen molar-refractivity contribution in [2.24, 2.45) is 7.05 Å². The van der Waals surface area contributed by atoms with Gasteiger partial charge in [0.1, 0.15) is 18.1 Å². The van der Waals surface area contributed by atoms with Gasteiger partial charge in [0.25, 0.3) is 0 Å². The number of pyridine rings is 2. The first-order valence-electron chi connectivity index (χ1n) is 7.39. The molecule has 4 aromatic rings. The Balaban J connectivity index is 2.22. The summed E-state index contributed by atoms with van der Waals surface area (Å²) >= 11 is 0. The average Bonchev–Trinajstić information content (AvgIpc) is 2.86. The van der Waals surface area contributed by atoms with Crippen molar-refractivity contribution in [3.63, 3.8) is 0 Å². The van der Waals surface area contributed by atoms with E-state index in [-0.39, 0.29) is 0 Å². The van der Waals surface area contributed by atoms with Crippen LogP contribution in [0.1, 0.15) is 11.3 Å². The third-order valence-electron chi connectivity index (χ3n) is 4.14. The number of furan rings is 1. The van der Waals surface area contributed by atoms with Crippen LogP contribution in [0.3, 0.4) is 0 Å². The van der Waals surface area contributed by atoms with Crippen molar-refractivity contribution < 1.29 is 8.98 Å². The Hall–Kier alpha value is -2.68. The Morgan fingerprint density at radius 1 is 0.955 bits per heavy atom. The summed E-state index contributed by atoms with van der Waals surface area (Å²) in [6.45, 7) is 4.15. The third-order valence-corrected chi connectivity index (χ3v) is 4.14. The van der Waals surface area contributed by atoms with Crippen molar-refractivity contribution in [3.8, 4) is 11.3 Å². The number of fused-ring (bicyclic) bond motifs is 3. The van der Waals surface area contributed by atoms with Gasteiger partial charge in [-0.25, -0.2) is 9.55 Å². The van der Waals surface area contributed by atoms with Crippen molar-refractivity contribution in [2.45, 2.75) is 13.8 Å². The van der Waals surface area contributed by atoms with Crippen LogP contribution in [-0.4, -0.2) is 4.98 Å². The molecule has 3 aromatic heterocycles. The van der Waals surface area contributed by atoms with E-state index in [2.05, 4.69) is 42.9 Å². The molecule has 0 saturated carbocycles. The smallest absolute Gasteiger partial charge is 0.213 e. The summed E-state index contributed by atoms with van der Waals surface area (Å²) in [6, 6.07) is 14.4. The van der Waals surface area contributed by atoms with E-state index in [1.54, 1.807) is 0 Å². The van der Waals surface area contributed by atoms with Gasteiger partial charge >= 0.3 is 0 Å². The fraction of sp³-hybridized carbons (Fsp3) is 0.158. The van der Waals surface area contributed by atoms with Gasteiger partial charge in [0, 0.05) is 17.8 Å². The lowest BCUT2D eigenvalue weighted by molar-refractivity contribution is -0.660. The maximum atomic E-state index is 5.99. The lowest BCUT2D eigenvalue weighted by atomic mass is 9.99. The first-order valence-corrected chi connectivity index (χ1v) is 7.39. The van der Waals surface area contributed by atoms with E-state index in [4.69, 9.17) is 9.40 Å². The molecule has 3 heterocycles. The number of hydrogen-bond acceptors (Lipinski definition) is 2. The summed E-state index contributed by atoms with van der Waals surface area (Å²) in [4.78, 5) is 4.72. The molecule has 4 rings (SSSR count). The van der Waals surface area contributed by atoms with Crippen LogP contribution in [0, 0.1) is 13.8 Å². The molecule has 0 aliphatic heterocycles. The number of nitrogens with zero attached hydrogens (tertiary/aromatic N) is 2. The third kappa shape index (κ3) is 1.82. The highest BCUT2D eigenvalue weighted by atomic mass is 16.3. The number of benzene rings is 1. The fourth-order valence-electron chi connectivity index (χ4n) is 3.04. The molecule has 3 nitrogen and oxygen atoms in total. The van der Waals surface area contributed by atoms with Gasteiger partial charge in [0.15, 0.2) is 11.8 Å². The highest BCUT2D eigenvalue weighted by molar-refractivity contribution is 6.10. The van der Waals surface area contributed by atoms with E-state index >= 15 is 0 Å². The molecule has 108 valence electrons. The fourth-order valence-corrected chi connectivity index (χ4v) is 3.04. The molecule has 22 heavy (non-hydrogen) atoms. The van der Waals surface area contributed by atoms with Crippen molar-refractivity contribution in [1.82, 2.24) is 4.98 Å². The minimum absolute atomic E-state index is 0.839. The van der Waals surface area contributed by atoms with Crippen LogP contribution in [0.4, 0.5) is 0 Å². The molecule has 3 heteroatoms. The first-order chi connectivity index (χ1) is 10.6. The second-order valence-corrected chi connectivity index (χ2v) is 5.73. The Morgan fingerprint density at radius 2 is 1.77 bits per heavy atom. The summed E-state index contributed by atoms with van der Waals surface area (Å²) in [7, 11) is 2.06. The lowest BCUT2D eigenvalue weighted by Crippen LogP contribution is -2.30. The van der Waals surface area contributed by atoms with Crippen molar-refractivity contribution in [2.75, 3.05) is 0 Å². The van der Waals surface area contributed by atoms with E-state index < -0.39 is 0 Å². The summed E-state index contributed by atoms with van der Waals surface area (Å²) in [5.41, 5.74) is 7.25. The maximum Gasteiger partial charge on any atom is 0.213 e. The minimum Gasteiger partial charge on any atom is -0.454 e. The zero-order chi connectivity index (χ0) is 15.3. The normalized spacial score (nSPS) is 11.4. The van der Waals surface area contributed by atoms with Crippen LogP contribution in [0.25, 0.3) is 33.3 Å². The monoisotopic (exact) mass is 289 g/mol. The van der Waals surface area contributed by atoms with Crippen molar-refractivity contribution in [1.29, 1.82) is 0 Å². The second kappa shape index (κ2) is 4.67. The largest absolute Gasteiger partial charge is 0.454 e. The topological polar surface area (TPSA) is 29.9 Å². The standard InChI is InChI=1S/C19H17N2O/c1-12-7-9-15-18(17(12)14-6-4-5-11-21(14)3)19-16(22-15)10-8-13(2)20-19/h4-11H,1-3H3/q+1. The first kappa shape index (κ1) is 13.0. The van der Waals surface area contributed by atoms with Gasteiger partial charge in [-0.2, -0.15) is 0 Å². The number of rotatable bonds is 1. The minimum atomic E-state index is 0.839.